The number of hydrogen-bond acceptors (Lipinski definition) is 7. The van der Waals surface area contributed by atoms with Crippen LogP contribution in [0.2, 0.25) is 0 Å². The van der Waals surface area contributed by atoms with Crippen LogP contribution in [0.25, 0.3) is 0 Å². The standard InChI is InChI=1S/C20H17F2N3O3S2/c21-19(22)29-14-4-1-12(2-5-14)10-17-18(26)24-20(30-17)25-23-11-13-3-6-15-16(9-13)28-8-7-27-15/h1-6,9,11,17,19H,7-8,10H2,(H,24,25,26). The van der Waals surface area contributed by atoms with Crippen LogP contribution in [0.4, 0.5) is 8.78 Å². The van der Waals surface area contributed by atoms with Gasteiger partial charge in [-0.2, -0.15) is 13.9 Å². The van der Waals surface area contributed by atoms with E-state index in [1.165, 1.54) is 11.8 Å². The van der Waals surface area contributed by atoms with Crippen LogP contribution in [-0.4, -0.2) is 41.5 Å². The lowest BCUT2D eigenvalue weighted by atomic mass is 10.1. The molecule has 2 aliphatic heterocycles. The molecule has 0 spiro atoms. The summed E-state index contributed by atoms with van der Waals surface area (Å²) in [6.45, 7) is 1.04. The lowest BCUT2D eigenvalue weighted by Crippen LogP contribution is -2.25. The van der Waals surface area contributed by atoms with Crippen molar-refractivity contribution in [3.05, 3.63) is 53.6 Å². The van der Waals surface area contributed by atoms with E-state index in [0.717, 1.165) is 11.1 Å². The van der Waals surface area contributed by atoms with E-state index in [2.05, 4.69) is 15.5 Å². The molecule has 1 amide bonds. The first-order valence-electron chi connectivity index (χ1n) is 9.09. The first-order valence-corrected chi connectivity index (χ1v) is 10.8. The number of ether oxygens (including phenoxy) is 2. The number of rotatable bonds is 6. The molecule has 2 heterocycles. The highest BCUT2D eigenvalue weighted by atomic mass is 32.2. The van der Waals surface area contributed by atoms with Crippen molar-refractivity contribution in [3.8, 4) is 11.5 Å². The van der Waals surface area contributed by atoms with Gasteiger partial charge in [-0.05, 0) is 47.9 Å². The number of amidine groups is 1. The van der Waals surface area contributed by atoms with Gasteiger partial charge in [-0.3, -0.25) is 4.79 Å². The topological polar surface area (TPSA) is 72.3 Å². The van der Waals surface area contributed by atoms with Crippen LogP contribution < -0.4 is 14.8 Å². The average Bonchev–Trinajstić information content (AvgIpc) is 3.08. The van der Waals surface area contributed by atoms with Gasteiger partial charge in [0.05, 0.1) is 11.5 Å². The van der Waals surface area contributed by atoms with Gasteiger partial charge in [-0.15, -0.1) is 5.10 Å². The normalized spacial score (nSPS) is 19.6. The predicted molar refractivity (Wildman–Crippen MR) is 114 cm³/mol. The minimum atomic E-state index is -2.45. The van der Waals surface area contributed by atoms with Crippen molar-refractivity contribution in [1.29, 1.82) is 0 Å². The largest absolute Gasteiger partial charge is 0.486 e. The summed E-state index contributed by atoms with van der Waals surface area (Å²) in [6, 6.07) is 12.3. The first kappa shape index (κ1) is 20.7. The highest BCUT2D eigenvalue weighted by molar-refractivity contribution is 8.15. The molecule has 2 aromatic carbocycles. The number of carbonyl (C=O) groups excluding carboxylic acids is 1. The molecule has 0 radical (unpaired) electrons. The summed E-state index contributed by atoms with van der Waals surface area (Å²) < 4.78 is 35.8. The Bertz CT molecular complexity index is 984. The molecular weight excluding hydrogens is 432 g/mol. The number of nitrogens with one attached hydrogen (secondary N) is 1. The Hall–Kier alpha value is -2.59. The molecule has 30 heavy (non-hydrogen) atoms. The number of carbonyl (C=O) groups is 1. The maximum Gasteiger partial charge on any atom is 0.288 e. The minimum Gasteiger partial charge on any atom is -0.486 e. The molecule has 10 heteroatoms. The molecule has 0 saturated carbocycles. The molecular formula is C20H17F2N3O3S2. The van der Waals surface area contributed by atoms with Gasteiger partial charge in [0.25, 0.3) is 5.76 Å². The van der Waals surface area contributed by atoms with Crippen molar-refractivity contribution < 1.29 is 23.0 Å². The van der Waals surface area contributed by atoms with Crippen LogP contribution in [0.5, 0.6) is 11.5 Å². The molecule has 1 fully saturated rings. The van der Waals surface area contributed by atoms with Gasteiger partial charge in [-0.1, -0.05) is 35.7 Å². The summed E-state index contributed by atoms with van der Waals surface area (Å²) in [6.07, 6.45) is 2.05. The number of hydrogen-bond donors (Lipinski definition) is 1. The molecule has 1 atom stereocenters. The second-order valence-electron chi connectivity index (χ2n) is 6.38. The third-order valence-corrected chi connectivity index (χ3v) is 6.06. The summed E-state index contributed by atoms with van der Waals surface area (Å²) in [4.78, 5) is 12.7. The second-order valence-corrected chi connectivity index (χ2v) is 8.63. The van der Waals surface area contributed by atoms with Gasteiger partial charge in [0.15, 0.2) is 16.7 Å². The van der Waals surface area contributed by atoms with Gasteiger partial charge in [0, 0.05) is 4.90 Å². The molecule has 156 valence electrons. The molecule has 0 bridgehead atoms. The molecule has 6 nitrogen and oxygen atoms in total. The van der Waals surface area contributed by atoms with Crippen molar-refractivity contribution >= 4 is 40.8 Å². The molecule has 4 rings (SSSR count). The third kappa shape index (κ3) is 5.31. The fourth-order valence-electron chi connectivity index (χ4n) is 2.90. The number of nitrogens with zero attached hydrogens (tertiary/aromatic N) is 2. The summed E-state index contributed by atoms with van der Waals surface area (Å²) in [5.74, 6) is -1.24. The van der Waals surface area contributed by atoms with Crippen molar-refractivity contribution in [2.75, 3.05) is 13.2 Å². The SMILES string of the molecule is O=C1NC(=NN=Cc2ccc3c(c2)OCCO3)SC1Cc1ccc(SC(F)F)cc1. The molecule has 0 aromatic heterocycles. The average molecular weight is 450 g/mol. The van der Waals surface area contributed by atoms with Gasteiger partial charge >= 0.3 is 0 Å². The Morgan fingerprint density at radius 3 is 2.70 bits per heavy atom. The summed E-state index contributed by atoms with van der Waals surface area (Å²) in [5.41, 5.74) is 1.69. The molecule has 1 unspecified atom stereocenters. The number of amides is 1. The molecule has 1 N–H and O–H groups in total. The number of alkyl halides is 2. The number of halogens is 2. The van der Waals surface area contributed by atoms with E-state index < -0.39 is 5.76 Å². The summed E-state index contributed by atoms with van der Waals surface area (Å²) in [7, 11) is 0. The maximum atomic E-state index is 12.4. The fraction of sp³-hybridized carbons (Fsp3) is 0.250. The van der Waals surface area contributed by atoms with E-state index in [1.807, 2.05) is 18.2 Å². The second kappa shape index (κ2) is 9.48. The zero-order chi connectivity index (χ0) is 20.9. The van der Waals surface area contributed by atoms with Gasteiger partial charge in [0.1, 0.15) is 13.2 Å². The highest BCUT2D eigenvalue weighted by Gasteiger charge is 2.30. The van der Waals surface area contributed by atoms with Crippen molar-refractivity contribution in [2.24, 2.45) is 10.2 Å². The Morgan fingerprint density at radius 1 is 1.17 bits per heavy atom. The maximum absolute atomic E-state index is 12.4. The lowest BCUT2D eigenvalue weighted by molar-refractivity contribution is -0.118. The number of fused-ring (bicyclic) bond motifs is 1. The smallest absolute Gasteiger partial charge is 0.288 e. The highest BCUT2D eigenvalue weighted by Crippen LogP contribution is 2.30. The van der Waals surface area contributed by atoms with Crippen LogP contribution in [0, 0.1) is 0 Å². The summed E-state index contributed by atoms with van der Waals surface area (Å²) in [5, 5.41) is 10.9. The van der Waals surface area contributed by atoms with E-state index >= 15 is 0 Å². The van der Waals surface area contributed by atoms with E-state index in [4.69, 9.17) is 9.47 Å². The van der Waals surface area contributed by atoms with Gasteiger partial charge in [0.2, 0.25) is 5.91 Å². The lowest BCUT2D eigenvalue weighted by Gasteiger charge is -2.18. The quantitative estimate of drug-likeness (QED) is 0.411. The van der Waals surface area contributed by atoms with E-state index in [1.54, 1.807) is 30.5 Å². The zero-order valence-electron chi connectivity index (χ0n) is 15.6. The first-order chi connectivity index (χ1) is 14.6. The Kier molecular flexibility index (Phi) is 6.53. The molecule has 2 aromatic rings. The zero-order valence-corrected chi connectivity index (χ0v) is 17.2. The van der Waals surface area contributed by atoms with Crippen LogP contribution in [0.15, 0.2) is 57.6 Å². The van der Waals surface area contributed by atoms with Crippen molar-refractivity contribution in [3.63, 3.8) is 0 Å². The molecule has 0 aliphatic carbocycles. The van der Waals surface area contributed by atoms with Crippen LogP contribution in [0.3, 0.4) is 0 Å². The Labute approximate surface area is 180 Å². The van der Waals surface area contributed by atoms with Crippen LogP contribution in [0.1, 0.15) is 11.1 Å². The Balaban J connectivity index is 1.35. The minimum absolute atomic E-state index is 0.153. The fourth-order valence-corrected chi connectivity index (χ4v) is 4.36. The number of benzene rings is 2. The van der Waals surface area contributed by atoms with E-state index in [-0.39, 0.29) is 11.2 Å². The van der Waals surface area contributed by atoms with Gasteiger partial charge in [-0.25, -0.2) is 0 Å². The van der Waals surface area contributed by atoms with E-state index in [0.29, 0.717) is 53.0 Å². The summed E-state index contributed by atoms with van der Waals surface area (Å²) >= 11 is 1.79. The van der Waals surface area contributed by atoms with Crippen LogP contribution >= 0.6 is 23.5 Å². The number of thioether (sulfide) groups is 2. The Morgan fingerprint density at radius 2 is 1.93 bits per heavy atom. The third-order valence-electron chi connectivity index (χ3n) is 4.27. The molecule has 2 aliphatic rings. The monoisotopic (exact) mass is 449 g/mol. The predicted octanol–water partition coefficient (Wildman–Crippen LogP) is 3.94. The van der Waals surface area contributed by atoms with E-state index in [9.17, 15) is 13.6 Å². The van der Waals surface area contributed by atoms with Crippen LogP contribution in [-0.2, 0) is 11.2 Å². The van der Waals surface area contributed by atoms with Gasteiger partial charge < -0.3 is 14.8 Å². The van der Waals surface area contributed by atoms with Crippen molar-refractivity contribution in [2.45, 2.75) is 22.3 Å². The molecule has 1 saturated heterocycles. The van der Waals surface area contributed by atoms with Crippen molar-refractivity contribution in [1.82, 2.24) is 5.32 Å².